The van der Waals surface area contributed by atoms with Crippen molar-refractivity contribution in [2.24, 2.45) is 0 Å². The van der Waals surface area contributed by atoms with Crippen molar-refractivity contribution < 1.29 is 22.0 Å². The Morgan fingerprint density at radius 1 is 0.933 bits per heavy atom. The van der Waals surface area contributed by atoms with E-state index in [1.165, 1.54) is 30.3 Å². The Labute approximate surface area is 181 Å². The van der Waals surface area contributed by atoms with Gasteiger partial charge in [-0.15, -0.1) is 0 Å². The molecular weight excluding hydrogens is 457 g/mol. The second-order valence-electron chi connectivity index (χ2n) is 6.18. The zero-order chi connectivity index (χ0) is 21.9. The van der Waals surface area contributed by atoms with Crippen molar-refractivity contribution in [2.75, 3.05) is 5.32 Å². The van der Waals surface area contributed by atoms with Crippen molar-refractivity contribution in [3.8, 4) is 0 Å². The van der Waals surface area contributed by atoms with Crippen LogP contribution in [0.4, 0.5) is 14.5 Å². The first-order valence-corrected chi connectivity index (χ1v) is 10.7. The van der Waals surface area contributed by atoms with E-state index in [0.717, 1.165) is 24.3 Å². The Kier molecular flexibility index (Phi) is 6.72. The molecular formula is C20H14Cl2F2N2O3S. The molecule has 0 aliphatic carbocycles. The van der Waals surface area contributed by atoms with Crippen LogP contribution in [0.2, 0.25) is 10.0 Å². The van der Waals surface area contributed by atoms with Crippen LogP contribution in [-0.4, -0.2) is 14.3 Å². The van der Waals surface area contributed by atoms with Crippen LogP contribution in [0.3, 0.4) is 0 Å². The zero-order valence-corrected chi connectivity index (χ0v) is 17.5. The molecule has 0 bridgehead atoms. The average molecular weight is 471 g/mol. The lowest BCUT2D eigenvalue weighted by Gasteiger charge is -2.10. The van der Waals surface area contributed by atoms with Gasteiger partial charge in [0, 0.05) is 12.2 Å². The van der Waals surface area contributed by atoms with Crippen LogP contribution < -0.4 is 10.0 Å². The summed E-state index contributed by atoms with van der Waals surface area (Å²) in [7, 11) is -4.07. The topological polar surface area (TPSA) is 75.3 Å². The van der Waals surface area contributed by atoms with Crippen molar-refractivity contribution in [3.63, 3.8) is 0 Å². The van der Waals surface area contributed by atoms with Crippen LogP contribution in [0.15, 0.2) is 65.6 Å². The number of anilines is 1. The largest absolute Gasteiger partial charge is 0.322 e. The van der Waals surface area contributed by atoms with Crippen LogP contribution >= 0.6 is 23.2 Å². The molecule has 10 heteroatoms. The fraction of sp³-hybridized carbons (Fsp3) is 0.0500. The Morgan fingerprint density at radius 3 is 2.40 bits per heavy atom. The van der Waals surface area contributed by atoms with Gasteiger partial charge in [0.2, 0.25) is 10.0 Å². The second kappa shape index (κ2) is 9.09. The second-order valence-corrected chi connectivity index (χ2v) is 8.76. The molecule has 0 fully saturated rings. The Hall–Kier alpha value is -2.52. The summed E-state index contributed by atoms with van der Waals surface area (Å²) in [5.41, 5.74) is 0.154. The minimum atomic E-state index is -4.07. The molecule has 3 rings (SSSR count). The molecule has 0 aromatic heterocycles. The van der Waals surface area contributed by atoms with E-state index in [-0.39, 0.29) is 22.2 Å². The van der Waals surface area contributed by atoms with Crippen LogP contribution in [0, 0.1) is 11.6 Å². The standard InChI is InChI=1S/C20H14Cl2F2N2O3S/c21-17-6-4-12(8-18(17)22)11-25-30(28,29)15-5-7-19(24)16(10-15)20(27)26-14-3-1-2-13(23)9-14/h1-10,25H,11H2,(H,26,27). The molecule has 0 aliphatic rings. The number of halogens is 4. The van der Waals surface area contributed by atoms with Gasteiger partial charge in [-0.05, 0) is 54.1 Å². The molecule has 3 aromatic carbocycles. The van der Waals surface area contributed by atoms with Gasteiger partial charge >= 0.3 is 0 Å². The summed E-state index contributed by atoms with van der Waals surface area (Å²) >= 11 is 11.7. The average Bonchev–Trinajstić information content (AvgIpc) is 2.69. The van der Waals surface area contributed by atoms with Crippen molar-refractivity contribution >= 4 is 44.8 Å². The summed E-state index contributed by atoms with van der Waals surface area (Å²) < 4.78 is 54.9. The summed E-state index contributed by atoms with van der Waals surface area (Å²) in [5.74, 6) is -2.43. The lowest BCUT2D eigenvalue weighted by Crippen LogP contribution is -2.24. The number of sulfonamides is 1. The highest BCUT2D eigenvalue weighted by molar-refractivity contribution is 7.89. The first-order valence-electron chi connectivity index (χ1n) is 8.46. The molecule has 0 aliphatic heterocycles. The van der Waals surface area contributed by atoms with Gasteiger partial charge in [0.15, 0.2) is 0 Å². The molecule has 0 saturated heterocycles. The normalized spacial score (nSPS) is 11.3. The molecule has 0 heterocycles. The SMILES string of the molecule is O=C(Nc1cccc(F)c1)c1cc(S(=O)(=O)NCc2ccc(Cl)c(Cl)c2)ccc1F. The van der Waals surface area contributed by atoms with E-state index in [9.17, 15) is 22.0 Å². The molecule has 1 amide bonds. The third kappa shape index (κ3) is 5.34. The van der Waals surface area contributed by atoms with E-state index >= 15 is 0 Å². The monoisotopic (exact) mass is 470 g/mol. The van der Waals surface area contributed by atoms with Gasteiger partial charge in [0.25, 0.3) is 5.91 Å². The van der Waals surface area contributed by atoms with Crippen LogP contribution in [0.25, 0.3) is 0 Å². The molecule has 0 spiro atoms. The van der Waals surface area contributed by atoms with Gasteiger partial charge < -0.3 is 5.32 Å². The van der Waals surface area contributed by atoms with Gasteiger partial charge in [0.1, 0.15) is 11.6 Å². The van der Waals surface area contributed by atoms with Crippen LogP contribution in [0.1, 0.15) is 15.9 Å². The minimum Gasteiger partial charge on any atom is -0.322 e. The third-order valence-electron chi connectivity index (χ3n) is 4.03. The molecule has 156 valence electrons. The summed E-state index contributed by atoms with van der Waals surface area (Å²) in [5, 5.41) is 2.93. The van der Waals surface area contributed by atoms with Crippen molar-refractivity contribution in [3.05, 3.63) is 93.5 Å². The number of hydrogen-bond donors (Lipinski definition) is 2. The number of carbonyl (C=O) groups is 1. The number of rotatable bonds is 6. The summed E-state index contributed by atoms with van der Waals surface area (Å²) in [6.45, 7) is -0.0958. The van der Waals surface area contributed by atoms with E-state index in [1.807, 2.05) is 0 Å². The predicted octanol–water partition coefficient (Wildman–Crippen LogP) is 5.00. The molecule has 30 heavy (non-hydrogen) atoms. The molecule has 0 saturated carbocycles. The van der Waals surface area contributed by atoms with Gasteiger partial charge in [-0.2, -0.15) is 0 Å². The number of carbonyl (C=O) groups excluding carboxylic acids is 1. The third-order valence-corrected chi connectivity index (χ3v) is 6.16. The minimum absolute atomic E-state index is 0.0958. The number of benzene rings is 3. The highest BCUT2D eigenvalue weighted by atomic mass is 35.5. The van der Waals surface area contributed by atoms with Gasteiger partial charge in [-0.1, -0.05) is 35.3 Å². The van der Waals surface area contributed by atoms with Gasteiger partial charge in [0.05, 0.1) is 20.5 Å². The molecule has 0 unspecified atom stereocenters. The maximum atomic E-state index is 14.1. The maximum absolute atomic E-state index is 14.1. The summed E-state index contributed by atoms with van der Waals surface area (Å²) in [6, 6.07) is 12.5. The van der Waals surface area contributed by atoms with Crippen LogP contribution in [-0.2, 0) is 16.6 Å². The fourth-order valence-corrected chi connectivity index (χ4v) is 3.89. The highest BCUT2D eigenvalue weighted by Gasteiger charge is 2.20. The lowest BCUT2D eigenvalue weighted by molar-refractivity contribution is 0.102. The fourth-order valence-electron chi connectivity index (χ4n) is 2.52. The quantitative estimate of drug-likeness (QED) is 0.531. The smallest absolute Gasteiger partial charge is 0.258 e. The first-order chi connectivity index (χ1) is 14.2. The van der Waals surface area contributed by atoms with E-state index in [0.29, 0.717) is 10.6 Å². The van der Waals surface area contributed by atoms with E-state index in [1.54, 1.807) is 6.07 Å². The molecule has 0 atom stereocenters. The Balaban J connectivity index is 1.80. The van der Waals surface area contributed by atoms with Crippen molar-refractivity contribution in [2.45, 2.75) is 11.4 Å². The number of amides is 1. The lowest BCUT2D eigenvalue weighted by atomic mass is 10.2. The van der Waals surface area contributed by atoms with E-state index in [2.05, 4.69) is 10.0 Å². The van der Waals surface area contributed by atoms with Crippen molar-refractivity contribution in [1.82, 2.24) is 4.72 Å². The van der Waals surface area contributed by atoms with Crippen LogP contribution in [0.5, 0.6) is 0 Å². The van der Waals surface area contributed by atoms with Crippen molar-refractivity contribution in [1.29, 1.82) is 0 Å². The zero-order valence-electron chi connectivity index (χ0n) is 15.1. The number of hydrogen-bond acceptors (Lipinski definition) is 3. The van der Waals surface area contributed by atoms with E-state index in [4.69, 9.17) is 23.2 Å². The van der Waals surface area contributed by atoms with Gasteiger partial charge in [-0.3, -0.25) is 4.79 Å². The molecule has 2 N–H and O–H groups in total. The Morgan fingerprint density at radius 2 is 1.70 bits per heavy atom. The maximum Gasteiger partial charge on any atom is 0.258 e. The first kappa shape index (κ1) is 22.2. The molecule has 3 aromatic rings. The molecule has 0 radical (unpaired) electrons. The predicted molar refractivity (Wildman–Crippen MR) is 111 cm³/mol. The highest BCUT2D eigenvalue weighted by Crippen LogP contribution is 2.23. The summed E-state index contributed by atoms with van der Waals surface area (Å²) in [6.07, 6.45) is 0. The summed E-state index contributed by atoms with van der Waals surface area (Å²) in [4.78, 5) is 12.0. The Bertz CT molecular complexity index is 1220. The number of nitrogens with one attached hydrogen (secondary N) is 2. The molecule has 5 nitrogen and oxygen atoms in total. The van der Waals surface area contributed by atoms with E-state index < -0.39 is 33.1 Å². The van der Waals surface area contributed by atoms with Gasteiger partial charge in [-0.25, -0.2) is 21.9 Å².